The van der Waals surface area contributed by atoms with E-state index in [1.807, 2.05) is 24.3 Å². The molecule has 2 aliphatic carbocycles. The summed E-state index contributed by atoms with van der Waals surface area (Å²) in [4.78, 5) is 23.7. The molecule has 32 heavy (non-hydrogen) atoms. The van der Waals surface area contributed by atoms with Gasteiger partial charge in [-0.25, -0.2) is 9.18 Å². The van der Waals surface area contributed by atoms with Gasteiger partial charge in [0, 0.05) is 23.5 Å². The summed E-state index contributed by atoms with van der Waals surface area (Å²) in [5.41, 5.74) is 4.53. The molecule has 0 amide bonds. The Balaban J connectivity index is 1.29. The summed E-state index contributed by atoms with van der Waals surface area (Å²) in [6.45, 7) is 0.288. The fourth-order valence-electron chi connectivity index (χ4n) is 3.88. The second kappa shape index (κ2) is 7.93. The van der Waals surface area contributed by atoms with Crippen LogP contribution in [0.4, 0.5) is 4.39 Å². The molecule has 1 N–H and O–H groups in total. The highest BCUT2D eigenvalue weighted by atomic mass is 19.1. The summed E-state index contributed by atoms with van der Waals surface area (Å²) in [7, 11) is 0. The number of carboxylic acid groups (broad SMARTS) is 1. The molecule has 3 aromatic carbocycles. The number of halogens is 1. The number of carboxylic acids is 1. The van der Waals surface area contributed by atoms with Gasteiger partial charge in [0.25, 0.3) is 0 Å². The minimum atomic E-state index is -0.969. The molecule has 0 radical (unpaired) electrons. The standard InChI is InChI=1S/C27H19FO4/c28-25-12-17(3-9-23(25)18-6-7-18)11-21-13-20-14-22(8-10-24(20)26(21)29)32-15-16-1-4-19(5-2-16)27(30)31/h1-12,14,18H,13,15H2,(H,30,31)/b21-11+. The van der Waals surface area contributed by atoms with Crippen molar-refractivity contribution in [1.82, 2.24) is 0 Å². The lowest BCUT2D eigenvalue weighted by molar-refractivity contribution is 0.0696. The van der Waals surface area contributed by atoms with Gasteiger partial charge in [0.15, 0.2) is 5.78 Å². The molecular formula is C27H19FO4. The predicted octanol–water partition coefficient (Wildman–Crippen LogP) is 5.58. The molecule has 0 bridgehead atoms. The molecule has 0 heterocycles. The van der Waals surface area contributed by atoms with Crippen molar-refractivity contribution in [2.75, 3.05) is 0 Å². The summed E-state index contributed by atoms with van der Waals surface area (Å²) in [5.74, 6) is -0.549. The Morgan fingerprint density at radius 2 is 1.84 bits per heavy atom. The molecule has 0 aliphatic heterocycles. The van der Waals surface area contributed by atoms with Crippen LogP contribution < -0.4 is 4.74 Å². The molecule has 0 unspecified atom stereocenters. The number of ketones is 1. The third kappa shape index (κ3) is 3.97. The van der Waals surface area contributed by atoms with Crippen LogP contribution in [0.25, 0.3) is 6.08 Å². The normalized spacial score (nSPS) is 15.8. The fourth-order valence-corrected chi connectivity index (χ4v) is 3.88. The van der Waals surface area contributed by atoms with Crippen LogP contribution in [0.5, 0.6) is 5.75 Å². The minimum Gasteiger partial charge on any atom is -0.489 e. The first kappa shape index (κ1) is 19.9. The Bertz CT molecular complexity index is 1300. The summed E-state index contributed by atoms with van der Waals surface area (Å²) < 4.78 is 20.1. The van der Waals surface area contributed by atoms with Crippen LogP contribution in [0, 0.1) is 5.82 Å². The highest BCUT2D eigenvalue weighted by Gasteiger charge is 2.25. The predicted molar refractivity (Wildman–Crippen MR) is 118 cm³/mol. The monoisotopic (exact) mass is 426 g/mol. The zero-order valence-corrected chi connectivity index (χ0v) is 17.0. The summed E-state index contributed by atoms with van der Waals surface area (Å²) in [6, 6.07) is 16.9. The second-order valence-corrected chi connectivity index (χ2v) is 7.98. The van der Waals surface area contributed by atoms with Crippen molar-refractivity contribution >= 4 is 17.8 Å². The van der Waals surface area contributed by atoms with E-state index in [2.05, 4.69) is 0 Å². The Kier molecular flexibility index (Phi) is 4.94. The van der Waals surface area contributed by atoms with Gasteiger partial charge in [0.2, 0.25) is 0 Å². The highest BCUT2D eigenvalue weighted by molar-refractivity contribution is 6.15. The molecule has 0 fully saturated rings. The van der Waals surface area contributed by atoms with Gasteiger partial charge >= 0.3 is 5.97 Å². The summed E-state index contributed by atoms with van der Waals surface area (Å²) >= 11 is 0. The van der Waals surface area contributed by atoms with Crippen LogP contribution >= 0.6 is 0 Å². The SMILES string of the molecule is O=C(O)c1ccc(COc2ccc3c(c2)C/C(=C\c2ccc(C4C=C4)c(F)c2)C3=O)cc1. The van der Waals surface area contributed by atoms with E-state index in [-0.39, 0.29) is 29.7 Å². The Hall–Kier alpha value is -3.99. The van der Waals surface area contributed by atoms with E-state index in [1.165, 1.54) is 18.2 Å². The molecule has 5 rings (SSSR count). The first-order valence-electron chi connectivity index (χ1n) is 10.3. The largest absolute Gasteiger partial charge is 0.489 e. The number of rotatable bonds is 6. The molecule has 0 spiro atoms. The van der Waals surface area contributed by atoms with Gasteiger partial charge in [0.05, 0.1) is 5.56 Å². The van der Waals surface area contributed by atoms with Gasteiger partial charge in [-0.2, -0.15) is 0 Å². The van der Waals surface area contributed by atoms with E-state index in [0.717, 1.165) is 11.1 Å². The van der Waals surface area contributed by atoms with Gasteiger partial charge in [-0.15, -0.1) is 0 Å². The number of ether oxygens (including phenoxy) is 1. The van der Waals surface area contributed by atoms with Crippen LogP contribution in [-0.4, -0.2) is 16.9 Å². The maximum Gasteiger partial charge on any atom is 0.335 e. The van der Waals surface area contributed by atoms with E-state index in [4.69, 9.17) is 9.84 Å². The number of hydrogen-bond donors (Lipinski definition) is 1. The first-order valence-corrected chi connectivity index (χ1v) is 10.3. The summed E-state index contributed by atoms with van der Waals surface area (Å²) in [6.07, 6.45) is 6.10. The number of carbonyl (C=O) groups excluding carboxylic acids is 1. The Labute approximate surface area is 184 Å². The van der Waals surface area contributed by atoms with E-state index in [1.54, 1.807) is 36.4 Å². The molecule has 2 aliphatic rings. The lowest BCUT2D eigenvalue weighted by atomic mass is 10.0. The smallest absolute Gasteiger partial charge is 0.335 e. The number of fused-ring (bicyclic) bond motifs is 1. The topological polar surface area (TPSA) is 63.6 Å². The van der Waals surface area contributed by atoms with Gasteiger partial charge in [-0.05, 0) is 64.7 Å². The maximum atomic E-state index is 14.3. The van der Waals surface area contributed by atoms with Crippen LogP contribution in [-0.2, 0) is 13.0 Å². The van der Waals surface area contributed by atoms with E-state index in [9.17, 15) is 14.0 Å². The number of Topliss-reactive ketones (excluding diaryl/α,β-unsaturated/α-hetero) is 1. The number of benzene rings is 3. The van der Waals surface area contributed by atoms with E-state index in [0.29, 0.717) is 34.4 Å². The minimum absolute atomic E-state index is 0.0517. The Morgan fingerprint density at radius 3 is 2.53 bits per heavy atom. The average Bonchev–Trinajstić information content (AvgIpc) is 3.58. The molecular weight excluding hydrogens is 407 g/mol. The van der Waals surface area contributed by atoms with Crippen LogP contribution in [0.2, 0.25) is 0 Å². The van der Waals surface area contributed by atoms with Gasteiger partial charge in [-0.1, -0.05) is 36.4 Å². The number of carbonyl (C=O) groups is 2. The van der Waals surface area contributed by atoms with E-state index < -0.39 is 5.97 Å². The third-order valence-corrected chi connectivity index (χ3v) is 5.71. The van der Waals surface area contributed by atoms with Crippen LogP contribution in [0.3, 0.4) is 0 Å². The quantitative estimate of drug-likeness (QED) is 0.413. The summed E-state index contributed by atoms with van der Waals surface area (Å²) in [5, 5.41) is 8.97. The van der Waals surface area contributed by atoms with Crippen molar-refractivity contribution in [3.63, 3.8) is 0 Å². The molecule has 3 aromatic rings. The lowest BCUT2D eigenvalue weighted by Crippen LogP contribution is -1.99. The second-order valence-electron chi connectivity index (χ2n) is 7.98. The average molecular weight is 426 g/mol. The van der Waals surface area contributed by atoms with Crippen molar-refractivity contribution < 1.29 is 23.8 Å². The zero-order valence-electron chi connectivity index (χ0n) is 17.0. The molecule has 5 heteroatoms. The highest BCUT2D eigenvalue weighted by Crippen LogP contribution is 2.34. The van der Waals surface area contributed by atoms with Crippen LogP contribution in [0.15, 0.2) is 78.4 Å². The molecule has 158 valence electrons. The molecule has 0 aromatic heterocycles. The molecule has 0 atom stereocenters. The van der Waals surface area contributed by atoms with Crippen molar-refractivity contribution in [3.8, 4) is 5.75 Å². The maximum absolute atomic E-state index is 14.3. The van der Waals surface area contributed by atoms with Crippen molar-refractivity contribution in [2.24, 2.45) is 0 Å². The van der Waals surface area contributed by atoms with Gasteiger partial charge < -0.3 is 9.84 Å². The number of hydrogen-bond acceptors (Lipinski definition) is 3. The van der Waals surface area contributed by atoms with Gasteiger partial charge in [-0.3, -0.25) is 4.79 Å². The third-order valence-electron chi connectivity index (χ3n) is 5.71. The zero-order chi connectivity index (χ0) is 22.2. The Morgan fingerprint density at radius 1 is 1.06 bits per heavy atom. The molecule has 0 saturated heterocycles. The molecule has 0 saturated carbocycles. The first-order chi connectivity index (χ1) is 15.5. The van der Waals surface area contributed by atoms with Crippen molar-refractivity contribution in [2.45, 2.75) is 18.9 Å². The number of aromatic carboxylic acids is 1. The van der Waals surface area contributed by atoms with E-state index >= 15 is 0 Å². The molecule has 4 nitrogen and oxygen atoms in total. The lowest BCUT2D eigenvalue weighted by Gasteiger charge is -2.08. The number of allylic oxidation sites excluding steroid dienone is 3. The van der Waals surface area contributed by atoms with Crippen LogP contribution in [0.1, 0.15) is 48.9 Å². The van der Waals surface area contributed by atoms with Crippen molar-refractivity contribution in [3.05, 3.63) is 118 Å². The fraction of sp³-hybridized carbons (Fsp3) is 0.111. The van der Waals surface area contributed by atoms with Crippen molar-refractivity contribution in [1.29, 1.82) is 0 Å². The van der Waals surface area contributed by atoms with Gasteiger partial charge in [0.1, 0.15) is 18.2 Å².